The van der Waals surface area contributed by atoms with Crippen LogP contribution in [-0.2, 0) is 6.42 Å². The minimum atomic E-state index is 0.265. The molecule has 1 heterocycles. The summed E-state index contributed by atoms with van der Waals surface area (Å²) < 4.78 is 0. The summed E-state index contributed by atoms with van der Waals surface area (Å²) >= 11 is 0. The van der Waals surface area contributed by atoms with Crippen molar-refractivity contribution in [1.82, 2.24) is 4.90 Å². The van der Waals surface area contributed by atoms with Gasteiger partial charge in [0.2, 0.25) is 0 Å². The van der Waals surface area contributed by atoms with E-state index >= 15 is 0 Å². The number of anilines is 1. The highest BCUT2D eigenvalue weighted by Crippen LogP contribution is 2.27. The van der Waals surface area contributed by atoms with Gasteiger partial charge in [-0.2, -0.15) is 0 Å². The van der Waals surface area contributed by atoms with Gasteiger partial charge in [-0.3, -0.25) is 0 Å². The van der Waals surface area contributed by atoms with Gasteiger partial charge in [-0.25, -0.2) is 0 Å². The summed E-state index contributed by atoms with van der Waals surface area (Å²) in [5.41, 5.74) is 9.01. The van der Waals surface area contributed by atoms with Gasteiger partial charge in [0, 0.05) is 30.9 Å². The summed E-state index contributed by atoms with van der Waals surface area (Å²) in [7, 11) is 2.24. The first-order chi connectivity index (χ1) is 10.2. The molecule has 2 atom stereocenters. The van der Waals surface area contributed by atoms with Crippen molar-refractivity contribution >= 4 is 5.69 Å². The van der Waals surface area contributed by atoms with Crippen LogP contribution in [0, 0.1) is 0 Å². The summed E-state index contributed by atoms with van der Waals surface area (Å²) in [5.74, 6) is 0. The maximum absolute atomic E-state index is 6.20. The number of para-hydroxylation sites is 1. The second-order valence-corrected chi connectivity index (χ2v) is 6.37. The molecule has 0 aliphatic carbocycles. The van der Waals surface area contributed by atoms with Crippen molar-refractivity contribution in [2.45, 2.75) is 51.6 Å². The van der Waals surface area contributed by atoms with Crippen LogP contribution in [-0.4, -0.2) is 43.7 Å². The Labute approximate surface area is 130 Å². The van der Waals surface area contributed by atoms with Crippen molar-refractivity contribution in [3.05, 3.63) is 29.8 Å². The first-order valence-corrected chi connectivity index (χ1v) is 8.44. The van der Waals surface area contributed by atoms with Gasteiger partial charge in [0.15, 0.2) is 0 Å². The molecule has 0 amide bonds. The molecule has 0 saturated carbocycles. The molecule has 1 fully saturated rings. The fraction of sp³-hybridized carbons (Fsp3) is 0.667. The molecule has 2 rings (SSSR count). The fourth-order valence-corrected chi connectivity index (χ4v) is 3.30. The van der Waals surface area contributed by atoms with E-state index in [2.05, 4.69) is 55.0 Å². The largest absolute Gasteiger partial charge is 0.367 e. The third-order valence-electron chi connectivity index (χ3n) is 4.68. The Morgan fingerprint density at radius 2 is 2.00 bits per heavy atom. The normalized spacial score (nSPS) is 22.1. The van der Waals surface area contributed by atoms with E-state index in [1.165, 1.54) is 30.6 Å². The van der Waals surface area contributed by atoms with Crippen molar-refractivity contribution < 1.29 is 0 Å². The Hall–Kier alpha value is -1.06. The molecule has 1 saturated heterocycles. The lowest BCUT2D eigenvalue weighted by Crippen LogP contribution is -2.40. The second-order valence-electron chi connectivity index (χ2n) is 6.37. The molecule has 1 aliphatic heterocycles. The first kappa shape index (κ1) is 16.3. The van der Waals surface area contributed by atoms with Crippen LogP contribution in [0.25, 0.3) is 0 Å². The van der Waals surface area contributed by atoms with Crippen LogP contribution in [0.15, 0.2) is 24.3 Å². The van der Waals surface area contributed by atoms with Crippen molar-refractivity contribution in [2.75, 3.05) is 31.6 Å². The average Bonchev–Trinajstić information content (AvgIpc) is 2.69. The molecule has 1 aromatic carbocycles. The summed E-state index contributed by atoms with van der Waals surface area (Å²) in [4.78, 5) is 5.09. The van der Waals surface area contributed by atoms with Crippen molar-refractivity contribution in [3.8, 4) is 0 Å². The van der Waals surface area contributed by atoms with Crippen molar-refractivity contribution in [1.29, 1.82) is 0 Å². The molecule has 21 heavy (non-hydrogen) atoms. The summed E-state index contributed by atoms with van der Waals surface area (Å²) in [5, 5.41) is 0. The Kier molecular flexibility index (Phi) is 6.07. The van der Waals surface area contributed by atoms with Gasteiger partial charge < -0.3 is 15.5 Å². The van der Waals surface area contributed by atoms with E-state index in [9.17, 15) is 0 Å². The predicted octanol–water partition coefficient (Wildman–Crippen LogP) is 2.89. The molecular weight excluding hydrogens is 258 g/mol. The van der Waals surface area contributed by atoms with Crippen LogP contribution in [0.1, 0.15) is 38.7 Å². The highest BCUT2D eigenvalue weighted by Gasteiger charge is 2.24. The van der Waals surface area contributed by atoms with Crippen LogP contribution in [0.4, 0.5) is 5.69 Å². The lowest BCUT2D eigenvalue weighted by Gasteiger charge is -2.34. The minimum Gasteiger partial charge on any atom is -0.367 e. The molecular formula is C18H31N3. The number of nitrogens with two attached hydrogens (primary N) is 1. The van der Waals surface area contributed by atoms with Crippen LogP contribution in [0.2, 0.25) is 0 Å². The number of rotatable bonds is 5. The number of benzene rings is 1. The Balaban J connectivity index is 2.26. The Bertz CT molecular complexity index is 432. The van der Waals surface area contributed by atoms with E-state index in [-0.39, 0.29) is 6.04 Å². The standard InChI is InChI=1S/C18H31N3/c1-4-16(19)13-15-9-6-7-10-18(15)21-12-8-11-20(3)14-17(21)5-2/h6-7,9-10,16-17H,4-5,8,11-14,19H2,1-3H3. The molecule has 0 spiro atoms. The molecule has 3 nitrogen and oxygen atoms in total. The number of nitrogens with zero attached hydrogens (tertiary/aromatic N) is 2. The third-order valence-corrected chi connectivity index (χ3v) is 4.68. The van der Waals surface area contributed by atoms with Gasteiger partial charge in [-0.1, -0.05) is 32.0 Å². The Morgan fingerprint density at radius 3 is 2.71 bits per heavy atom. The zero-order valence-electron chi connectivity index (χ0n) is 13.9. The molecule has 2 unspecified atom stereocenters. The van der Waals surface area contributed by atoms with Gasteiger partial charge in [0.25, 0.3) is 0 Å². The number of hydrogen-bond acceptors (Lipinski definition) is 3. The predicted molar refractivity (Wildman–Crippen MR) is 92.0 cm³/mol. The van der Waals surface area contributed by atoms with Crippen LogP contribution in [0.3, 0.4) is 0 Å². The van der Waals surface area contributed by atoms with E-state index in [4.69, 9.17) is 5.73 Å². The molecule has 2 N–H and O–H groups in total. The summed E-state index contributed by atoms with van der Waals surface area (Å²) in [6.07, 6.45) is 4.45. The molecule has 1 aromatic rings. The lowest BCUT2D eigenvalue weighted by molar-refractivity contribution is 0.328. The number of likely N-dealkylation sites (N-methyl/N-ethyl adjacent to an activating group) is 1. The summed E-state index contributed by atoms with van der Waals surface area (Å²) in [6.45, 7) is 7.98. The van der Waals surface area contributed by atoms with Crippen molar-refractivity contribution in [3.63, 3.8) is 0 Å². The van der Waals surface area contributed by atoms with Gasteiger partial charge in [0.1, 0.15) is 0 Å². The van der Waals surface area contributed by atoms with Crippen LogP contribution < -0.4 is 10.6 Å². The van der Waals surface area contributed by atoms with E-state index < -0.39 is 0 Å². The molecule has 118 valence electrons. The van der Waals surface area contributed by atoms with Gasteiger partial charge >= 0.3 is 0 Å². The van der Waals surface area contributed by atoms with Gasteiger partial charge in [0.05, 0.1) is 0 Å². The molecule has 0 aromatic heterocycles. The zero-order chi connectivity index (χ0) is 15.2. The summed E-state index contributed by atoms with van der Waals surface area (Å²) in [6, 6.07) is 9.72. The molecule has 1 aliphatic rings. The second kappa shape index (κ2) is 7.81. The third kappa shape index (κ3) is 4.21. The van der Waals surface area contributed by atoms with Gasteiger partial charge in [-0.15, -0.1) is 0 Å². The molecule has 0 radical (unpaired) electrons. The van der Waals surface area contributed by atoms with Gasteiger partial charge in [-0.05, 0) is 50.9 Å². The molecule has 0 bridgehead atoms. The van der Waals surface area contributed by atoms with Crippen molar-refractivity contribution in [2.24, 2.45) is 5.73 Å². The average molecular weight is 289 g/mol. The van der Waals surface area contributed by atoms with Crippen LogP contribution >= 0.6 is 0 Å². The highest BCUT2D eigenvalue weighted by molar-refractivity contribution is 5.55. The van der Waals surface area contributed by atoms with E-state index in [0.717, 1.165) is 25.9 Å². The van der Waals surface area contributed by atoms with E-state index in [0.29, 0.717) is 6.04 Å². The Morgan fingerprint density at radius 1 is 1.24 bits per heavy atom. The monoisotopic (exact) mass is 289 g/mol. The smallest absolute Gasteiger partial charge is 0.0414 e. The quantitative estimate of drug-likeness (QED) is 0.904. The molecule has 3 heteroatoms. The minimum absolute atomic E-state index is 0.265. The van der Waals surface area contributed by atoms with E-state index in [1.54, 1.807) is 0 Å². The first-order valence-electron chi connectivity index (χ1n) is 8.44. The SMILES string of the molecule is CCC(N)Cc1ccccc1N1CCCN(C)CC1CC. The maximum atomic E-state index is 6.20. The van der Waals surface area contributed by atoms with E-state index in [1.807, 2.05) is 0 Å². The lowest BCUT2D eigenvalue weighted by atomic mass is 10.0. The fourth-order valence-electron chi connectivity index (χ4n) is 3.30. The zero-order valence-corrected chi connectivity index (χ0v) is 13.9. The highest BCUT2D eigenvalue weighted by atomic mass is 15.2. The van der Waals surface area contributed by atoms with Crippen LogP contribution in [0.5, 0.6) is 0 Å². The number of hydrogen-bond donors (Lipinski definition) is 1. The maximum Gasteiger partial charge on any atom is 0.0414 e. The topological polar surface area (TPSA) is 32.5 Å².